The number of aliphatic imine (C=N–C) groups is 1. The monoisotopic (exact) mass is 406 g/mol. The minimum absolute atomic E-state index is 0.00721. The van der Waals surface area contributed by atoms with E-state index >= 15 is 0 Å². The maximum atomic E-state index is 13.0. The molecule has 0 fully saturated rings. The summed E-state index contributed by atoms with van der Waals surface area (Å²) in [5.41, 5.74) is 3.29. The van der Waals surface area contributed by atoms with Gasteiger partial charge in [-0.25, -0.2) is 4.99 Å². The van der Waals surface area contributed by atoms with Crippen LogP contribution in [0.5, 0.6) is 11.5 Å². The SMILES string of the molecule is O=C(NCc1ccccc1)c1c(N=Cc2ccc(O)cc2O)sc2c1CCCC2. The fourth-order valence-corrected chi connectivity index (χ4v) is 4.74. The molecule has 2 aromatic carbocycles. The normalized spacial score (nSPS) is 13.4. The van der Waals surface area contributed by atoms with Crippen LogP contribution in [0.1, 0.15) is 44.8 Å². The Morgan fingerprint density at radius 1 is 1.10 bits per heavy atom. The molecule has 1 aliphatic rings. The number of nitrogens with one attached hydrogen (secondary N) is 1. The van der Waals surface area contributed by atoms with Gasteiger partial charge >= 0.3 is 0 Å². The van der Waals surface area contributed by atoms with E-state index in [1.54, 1.807) is 23.6 Å². The molecule has 0 radical (unpaired) electrons. The second kappa shape index (κ2) is 8.49. The minimum Gasteiger partial charge on any atom is -0.508 e. The van der Waals surface area contributed by atoms with Crippen molar-refractivity contribution in [3.05, 3.63) is 75.7 Å². The van der Waals surface area contributed by atoms with E-state index in [1.165, 1.54) is 17.0 Å². The number of carbonyl (C=O) groups excluding carboxylic acids is 1. The van der Waals surface area contributed by atoms with Crippen molar-refractivity contribution in [2.45, 2.75) is 32.2 Å². The highest BCUT2D eigenvalue weighted by Crippen LogP contribution is 2.40. The highest BCUT2D eigenvalue weighted by molar-refractivity contribution is 7.16. The molecule has 4 rings (SSSR count). The molecule has 6 heteroatoms. The number of fused-ring (bicyclic) bond motifs is 1. The van der Waals surface area contributed by atoms with E-state index in [2.05, 4.69) is 10.3 Å². The molecule has 0 atom stereocenters. The molecule has 0 unspecified atom stereocenters. The summed E-state index contributed by atoms with van der Waals surface area (Å²) in [7, 11) is 0. The molecule has 0 aliphatic heterocycles. The number of phenols is 2. The molecule has 0 saturated heterocycles. The Morgan fingerprint density at radius 2 is 1.90 bits per heavy atom. The number of aromatic hydroxyl groups is 2. The van der Waals surface area contributed by atoms with Crippen LogP contribution in [-0.2, 0) is 19.4 Å². The number of thiophene rings is 1. The standard InChI is InChI=1S/C23H22N2O3S/c26-17-11-10-16(19(27)12-17)14-25-23-21(18-8-4-5-9-20(18)29-23)22(28)24-13-15-6-2-1-3-7-15/h1-3,6-7,10-12,14,26-27H,4-5,8-9,13H2,(H,24,28). The summed E-state index contributed by atoms with van der Waals surface area (Å²) in [5, 5.41) is 23.1. The summed E-state index contributed by atoms with van der Waals surface area (Å²) >= 11 is 1.55. The van der Waals surface area contributed by atoms with Crippen LogP contribution in [0, 0.1) is 0 Å². The minimum atomic E-state index is -0.115. The van der Waals surface area contributed by atoms with Gasteiger partial charge in [-0.2, -0.15) is 0 Å². The van der Waals surface area contributed by atoms with Crippen LogP contribution in [-0.4, -0.2) is 22.3 Å². The highest BCUT2D eigenvalue weighted by Gasteiger charge is 2.25. The fourth-order valence-electron chi connectivity index (χ4n) is 3.51. The molecule has 5 nitrogen and oxygen atoms in total. The molecule has 0 saturated carbocycles. The van der Waals surface area contributed by atoms with Gasteiger partial charge in [0.05, 0.1) is 5.56 Å². The van der Waals surface area contributed by atoms with Crippen molar-refractivity contribution in [3.8, 4) is 11.5 Å². The number of hydrogen-bond donors (Lipinski definition) is 3. The third-order valence-corrected chi connectivity index (χ3v) is 6.21. The van der Waals surface area contributed by atoms with Crippen molar-refractivity contribution in [3.63, 3.8) is 0 Å². The second-order valence-electron chi connectivity index (χ2n) is 7.06. The maximum Gasteiger partial charge on any atom is 0.254 e. The van der Waals surface area contributed by atoms with Gasteiger partial charge in [-0.15, -0.1) is 11.3 Å². The van der Waals surface area contributed by atoms with Crippen molar-refractivity contribution in [2.24, 2.45) is 4.99 Å². The quantitative estimate of drug-likeness (QED) is 0.536. The van der Waals surface area contributed by atoms with Gasteiger partial charge in [-0.05, 0) is 48.9 Å². The van der Waals surface area contributed by atoms with Crippen LogP contribution in [0.3, 0.4) is 0 Å². The van der Waals surface area contributed by atoms with Gasteiger partial charge in [0.15, 0.2) is 0 Å². The smallest absolute Gasteiger partial charge is 0.254 e. The predicted octanol–water partition coefficient (Wildman–Crippen LogP) is 4.72. The Hall–Kier alpha value is -3.12. The highest BCUT2D eigenvalue weighted by atomic mass is 32.1. The molecule has 3 N–H and O–H groups in total. The zero-order valence-corrected chi connectivity index (χ0v) is 16.7. The Labute approximate surface area is 173 Å². The van der Waals surface area contributed by atoms with Crippen molar-refractivity contribution in [2.75, 3.05) is 0 Å². The first kappa shape index (κ1) is 19.2. The number of carbonyl (C=O) groups is 1. The molecular formula is C23H22N2O3S. The Kier molecular flexibility index (Phi) is 5.62. The Morgan fingerprint density at radius 3 is 2.69 bits per heavy atom. The van der Waals surface area contributed by atoms with Crippen molar-refractivity contribution >= 4 is 28.5 Å². The van der Waals surface area contributed by atoms with Crippen molar-refractivity contribution < 1.29 is 15.0 Å². The van der Waals surface area contributed by atoms with E-state index in [-0.39, 0.29) is 17.4 Å². The predicted molar refractivity (Wildman–Crippen MR) is 116 cm³/mol. The maximum absolute atomic E-state index is 13.0. The van der Waals surface area contributed by atoms with Gasteiger partial charge in [0.25, 0.3) is 5.91 Å². The van der Waals surface area contributed by atoms with Gasteiger partial charge in [-0.3, -0.25) is 4.79 Å². The van der Waals surface area contributed by atoms with Crippen molar-refractivity contribution in [1.82, 2.24) is 5.32 Å². The lowest BCUT2D eigenvalue weighted by atomic mass is 9.95. The average Bonchev–Trinajstić information content (AvgIpc) is 3.10. The summed E-state index contributed by atoms with van der Waals surface area (Å²) in [6.45, 7) is 0.464. The van der Waals surface area contributed by atoms with Crippen molar-refractivity contribution in [1.29, 1.82) is 0 Å². The average molecular weight is 407 g/mol. The van der Waals surface area contributed by atoms with Gasteiger partial charge in [0.2, 0.25) is 0 Å². The van der Waals surface area contributed by atoms with E-state index in [4.69, 9.17) is 0 Å². The lowest BCUT2D eigenvalue weighted by molar-refractivity contribution is 0.0951. The molecule has 3 aromatic rings. The topological polar surface area (TPSA) is 81.9 Å². The third kappa shape index (κ3) is 4.32. The first-order valence-corrected chi connectivity index (χ1v) is 10.5. The van der Waals surface area contributed by atoms with Crippen LogP contribution in [0.2, 0.25) is 0 Å². The van der Waals surface area contributed by atoms with Gasteiger partial charge < -0.3 is 15.5 Å². The number of amides is 1. The first-order chi connectivity index (χ1) is 14.1. The number of aryl methyl sites for hydroxylation is 1. The van der Waals surface area contributed by atoms with E-state index < -0.39 is 0 Å². The van der Waals surface area contributed by atoms with Crippen LogP contribution in [0.4, 0.5) is 5.00 Å². The van der Waals surface area contributed by atoms with Gasteiger partial charge in [0, 0.05) is 29.3 Å². The van der Waals surface area contributed by atoms with E-state index in [0.717, 1.165) is 36.8 Å². The molecule has 0 spiro atoms. The summed E-state index contributed by atoms with van der Waals surface area (Å²) in [5.74, 6) is -0.173. The molecule has 1 aromatic heterocycles. The molecule has 1 aliphatic carbocycles. The Balaban J connectivity index is 1.62. The summed E-state index contributed by atoms with van der Waals surface area (Å²) in [6.07, 6.45) is 5.60. The van der Waals surface area contributed by atoms with E-state index in [1.807, 2.05) is 30.3 Å². The zero-order chi connectivity index (χ0) is 20.2. The van der Waals surface area contributed by atoms with Crippen LogP contribution in [0.25, 0.3) is 0 Å². The number of phenolic OH excluding ortho intramolecular Hbond substituents is 2. The number of hydrogen-bond acceptors (Lipinski definition) is 5. The van der Waals surface area contributed by atoms with Gasteiger partial charge in [0.1, 0.15) is 16.5 Å². The van der Waals surface area contributed by atoms with Crippen LogP contribution >= 0.6 is 11.3 Å². The molecule has 0 bridgehead atoms. The second-order valence-corrected chi connectivity index (χ2v) is 8.14. The zero-order valence-electron chi connectivity index (χ0n) is 15.9. The molecule has 1 heterocycles. The number of nitrogens with zero attached hydrogens (tertiary/aromatic N) is 1. The number of benzene rings is 2. The summed E-state index contributed by atoms with van der Waals surface area (Å²) in [4.78, 5) is 18.8. The molecule has 1 amide bonds. The lowest BCUT2D eigenvalue weighted by Crippen LogP contribution is -2.24. The Bertz CT molecular complexity index is 1060. The number of rotatable bonds is 5. The lowest BCUT2D eigenvalue weighted by Gasteiger charge is -2.12. The first-order valence-electron chi connectivity index (χ1n) is 9.64. The largest absolute Gasteiger partial charge is 0.508 e. The van der Waals surface area contributed by atoms with Gasteiger partial charge in [-0.1, -0.05) is 30.3 Å². The summed E-state index contributed by atoms with van der Waals surface area (Å²) in [6, 6.07) is 14.2. The fraction of sp³-hybridized carbons (Fsp3) is 0.217. The molecule has 148 valence electrons. The molecule has 29 heavy (non-hydrogen) atoms. The van der Waals surface area contributed by atoms with E-state index in [9.17, 15) is 15.0 Å². The summed E-state index contributed by atoms with van der Waals surface area (Å²) < 4.78 is 0. The van der Waals surface area contributed by atoms with E-state index in [0.29, 0.717) is 22.7 Å². The third-order valence-electron chi connectivity index (χ3n) is 5.01. The van der Waals surface area contributed by atoms with Crippen LogP contribution in [0.15, 0.2) is 53.5 Å². The van der Waals surface area contributed by atoms with Crippen LogP contribution < -0.4 is 5.32 Å². The molecular weight excluding hydrogens is 384 g/mol.